The van der Waals surface area contributed by atoms with E-state index >= 15 is 0 Å². The Morgan fingerprint density at radius 1 is 1.20 bits per heavy atom. The molecule has 0 spiro atoms. The first-order valence-corrected chi connectivity index (χ1v) is 6.86. The fourth-order valence-corrected chi connectivity index (χ4v) is 2.37. The van der Waals surface area contributed by atoms with E-state index in [1.165, 1.54) is 12.1 Å². The molecule has 0 atom stereocenters. The summed E-state index contributed by atoms with van der Waals surface area (Å²) in [5.74, 6) is 0.236. The quantitative estimate of drug-likeness (QED) is 0.463. The van der Waals surface area contributed by atoms with Gasteiger partial charge < -0.3 is 4.90 Å². The molecule has 0 amide bonds. The first-order valence-electron chi connectivity index (χ1n) is 6.33. The molecule has 104 valence electrons. The number of nitrogens with zero attached hydrogens (tertiary/aromatic N) is 2. The van der Waals surface area contributed by atoms with Crippen LogP contribution in [0.3, 0.4) is 0 Å². The number of benzene rings is 2. The minimum atomic E-state index is -0.404. The lowest BCUT2D eigenvalue weighted by molar-refractivity contribution is -0.384. The molecule has 2 rings (SSSR count). The summed E-state index contributed by atoms with van der Waals surface area (Å²) in [6, 6.07) is 14.7. The normalized spacial score (nSPS) is 10.3. The standard InChI is InChI=1S/C15H15ClN2O2/c1-2-17(13-6-4-3-5-7-13)15-9-8-14(18(19)20)10-12(15)11-16/h3-10H,2,11H2,1H3. The predicted molar refractivity (Wildman–Crippen MR) is 81.8 cm³/mol. The molecular weight excluding hydrogens is 276 g/mol. The van der Waals surface area contributed by atoms with E-state index in [0.717, 1.165) is 23.5 Å². The van der Waals surface area contributed by atoms with Gasteiger partial charge in [0.2, 0.25) is 0 Å². The average molecular weight is 291 g/mol. The number of nitro benzene ring substituents is 1. The van der Waals surface area contributed by atoms with Gasteiger partial charge in [0.05, 0.1) is 4.92 Å². The molecule has 5 heteroatoms. The highest BCUT2D eigenvalue weighted by molar-refractivity contribution is 6.17. The van der Waals surface area contributed by atoms with Crippen LogP contribution < -0.4 is 4.90 Å². The van der Waals surface area contributed by atoms with Gasteiger partial charge in [-0.1, -0.05) is 18.2 Å². The largest absolute Gasteiger partial charge is 0.342 e. The summed E-state index contributed by atoms with van der Waals surface area (Å²) in [6.07, 6.45) is 0. The Bertz CT molecular complexity index is 602. The number of hydrogen-bond acceptors (Lipinski definition) is 3. The van der Waals surface area contributed by atoms with Gasteiger partial charge in [-0.15, -0.1) is 11.6 Å². The summed E-state index contributed by atoms with van der Waals surface area (Å²) in [6.45, 7) is 2.79. The predicted octanol–water partition coefficient (Wildman–Crippen LogP) is 4.49. The minimum absolute atomic E-state index is 0.0634. The van der Waals surface area contributed by atoms with Gasteiger partial charge in [0.1, 0.15) is 0 Å². The van der Waals surface area contributed by atoms with Crippen LogP contribution in [0.2, 0.25) is 0 Å². The second-order valence-corrected chi connectivity index (χ2v) is 4.55. The zero-order chi connectivity index (χ0) is 14.5. The number of para-hydroxylation sites is 1. The number of rotatable bonds is 5. The molecule has 0 aliphatic rings. The molecule has 0 aliphatic carbocycles. The molecule has 0 unspecified atom stereocenters. The molecule has 0 aliphatic heterocycles. The Morgan fingerprint density at radius 3 is 2.45 bits per heavy atom. The fraction of sp³-hybridized carbons (Fsp3) is 0.200. The molecule has 20 heavy (non-hydrogen) atoms. The fourth-order valence-electron chi connectivity index (χ4n) is 2.16. The number of hydrogen-bond donors (Lipinski definition) is 0. The van der Waals surface area contributed by atoms with Crippen LogP contribution in [0.25, 0.3) is 0 Å². The lowest BCUT2D eigenvalue weighted by Gasteiger charge is -2.25. The molecular formula is C15H15ClN2O2. The van der Waals surface area contributed by atoms with E-state index in [-0.39, 0.29) is 11.6 Å². The first kappa shape index (κ1) is 14.3. The van der Waals surface area contributed by atoms with Gasteiger partial charge >= 0.3 is 0 Å². The smallest absolute Gasteiger partial charge is 0.269 e. The summed E-state index contributed by atoms with van der Waals surface area (Å²) < 4.78 is 0. The van der Waals surface area contributed by atoms with Crippen LogP contribution in [0.15, 0.2) is 48.5 Å². The SMILES string of the molecule is CCN(c1ccccc1)c1ccc([N+](=O)[O-])cc1CCl. The number of non-ortho nitro benzene ring substituents is 1. The third kappa shape index (κ3) is 2.91. The highest BCUT2D eigenvalue weighted by Gasteiger charge is 2.15. The summed E-state index contributed by atoms with van der Waals surface area (Å²) in [4.78, 5) is 12.5. The van der Waals surface area contributed by atoms with Crippen molar-refractivity contribution in [3.8, 4) is 0 Å². The second kappa shape index (κ2) is 6.39. The van der Waals surface area contributed by atoms with E-state index in [1.54, 1.807) is 6.07 Å². The molecule has 2 aromatic rings. The van der Waals surface area contributed by atoms with Gasteiger partial charge in [-0.25, -0.2) is 0 Å². The van der Waals surface area contributed by atoms with Gasteiger partial charge in [0.25, 0.3) is 5.69 Å². The van der Waals surface area contributed by atoms with Crippen molar-refractivity contribution in [2.24, 2.45) is 0 Å². The van der Waals surface area contributed by atoms with E-state index in [1.807, 2.05) is 37.3 Å². The lowest BCUT2D eigenvalue weighted by Crippen LogP contribution is -2.17. The lowest BCUT2D eigenvalue weighted by atomic mass is 10.1. The van der Waals surface area contributed by atoms with E-state index < -0.39 is 4.92 Å². The molecule has 0 N–H and O–H groups in total. The zero-order valence-electron chi connectivity index (χ0n) is 11.1. The third-order valence-corrected chi connectivity index (χ3v) is 3.38. The molecule has 0 heterocycles. The maximum Gasteiger partial charge on any atom is 0.269 e. The van der Waals surface area contributed by atoms with Gasteiger partial charge in [0.15, 0.2) is 0 Å². The highest BCUT2D eigenvalue weighted by atomic mass is 35.5. The van der Waals surface area contributed by atoms with Crippen LogP contribution in [0, 0.1) is 10.1 Å². The third-order valence-electron chi connectivity index (χ3n) is 3.09. The van der Waals surface area contributed by atoms with Gasteiger partial charge in [-0.2, -0.15) is 0 Å². The monoisotopic (exact) mass is 290 g/mol. The van der Waals surface area contributed by atoms with E-state index in [9.17, 15) is 10.1 Å². The van der Waals surface area contributed by atoms with Crippen molar-refractivity contribution >= 4 is 28.7 Å². The molecule has 4 nitrogen and oxygen atoms in total. The Kier molecular flexibility index (Phi) is 4.58. The van der Waals surface area contributed by atoms with Crippen molar-refractivity contribution in [1.82, 2.24) is 0 Å². The summed E-state index contributed by atoms with van der Waals surface area (Å²) in [5.41, 5.74) is 2.76. The number of halogens is 1. The molecule has 0 saturated heterocycles. The van der Waals surface area contributed by atoms with Gasteiger partial charge in [-0.3, -0.25) is 10.1 Å². The Labute approximate surface area is 122 Å². The van der Waals surface area contributed by atoms with Crippen LogP contribution in [-0.4, -0.2) is 11.5 Å². The van der Waals surface area contributed by atoms with Crippen molar-refractivity contribution in [3.05, 3.63) is 64.2 Å². The molecule has 0 bridgehead atoms. The maximum absolute atomic E-state index is 10.8. The van der Waals surface area contributed by atoms with Crippen LogP contribution in [0.5, 0.6) is 0 Å². The Morgan fingerprint density at radius 2 is 1.90 bits per heavy atom. The van der Waals surface area contributed by atoms with Crippen LogP contribution in [0.1, 0.15) is 12.5 Å². The zero-order valence-corrected chi connectivity index (χ0v) is 11.9. The molecule has 0 aromatic heterocycles. The van der Waals surface area contributed by atoms with Crippen LogP contribution >= 0.6 is 11.6 Å². The van der Waals surface area contributed by atoms with Crippen molar-refractivity contribution in [2.45, 2.75) is 12.8 Å². The molecule has 2 aromatic carbocycles. The van der Waals surface area contributed by atoms with Crippen molar-refractivity contribution in [2.75, 3.05) is 11.4 Å². The van der Waals surface area contributed by atoms with E-state index in [0.29, 0.717) is 0 Å². The second-order valence-electron chi connectivity index (χ2n) is 4.28. The number of nitro groups is 1. The summed E-state index contributed by atoms with van der Waals surface area (Å²) in [5, 5.41) is 10.8. The van der Waals surface area contributed by atoms with Gasteiger partial charge in [0, 0.05) is 35.9 Å². The highest BCUT2D eigenvalue weighted by Crippen LogP contribution is 2.31. The van der Waals surface area contributed by atoms with Gasteiger partial charge in [-0.05, 0) is 30.7 Å². The first-order chi connectivity index (χ1) is 9.67. The number of alkyl halides is 1. The van der Waals surface area contributed by atoms with E-state index in [2.05, 4.69) is 4.90 Å². The maximum atomic E-state index is 10.8. The van der Waals surface area contributed by atoms with Crippen LogP contribution in [0.4, 0.5) is 17.1 Å². The Balaban J connectivity index is 2.47. The van der Waals surface area contributed by atoms with Crippen LogP contribution in [-0.2, 0) is 5.88 Å². The minimum Gasteiger partial charge on any atom is -0.342 e. The van der Waals surface area contributed by atoms with E-state index in [4.69, 9.17) is 11.6 Å². The molecule has 0 saturated carbocycles. The topological polar surface area (TPSA) is 46.4 Å². The number of anilines is 2. The van der Waals surface area contributed by atoms with Crippen molar-refractivity contribution in [3.63, 3.8) is 0 Å². The van der Waals surface area contributed by atoms with Crippen molar-refractivity contribution < 1.29 is 4.92 Å². The molecule has 0 fully saturated rings. The van der Waals surface area contributed by atoms with Crippen molar-refractivity contribution in [1.29, 1.82) is 0 Å². The summed E-state index contributed by atoms with van der Waals surface area (Å²) in [7, 11) is 0. The Hall–Kier alpha value is -2.07. The molecule has 0 radical (unpaired) electrons. The summed E-state index contributed by atoms with van der Waals surface area (Å²) >= 11 is 5.95. The average Bonchev–Trinajstić information content (AvgIpc) is 2.49.